The van der Waals surface area contributed by atoms with Gasteiger partial charge in [-0.25, -0.2) is 4.79 Å². The lowest BCUT2D eigenvalue weighted by Gasteiger charge is -2.11. The van der Waals surface area contributed by atoms with E-state index in [9.17, 15) is 18.0 Å². The molecule has 2 aromatic carbocycles. The van der Waals surface area contributed by atoms with Gasteiger partial charge in [0.15, 0.2) is 0 Å². The lowest BCUT2D eigenvalue weighted by Crippen LogP contribution is -2.15. The number of carbonyl (C=O) groups excluding carboxylic acids is 1. The summed E-state index contributed by atoms with van der Waals surface area (Å²) in [7, 11) is 0. The molecule has 1 aromatic heterocycles. The number of nitrogens with zero attached hydrogens (tertiary/aromatic N) is 1. The Morgan fingerprint density at radius 1 is 1.04 bits per heavy atom. The van der Waals surface area contributed by atoms with Crippen LogP contribution < -0.4 is 4.74 Å². The highest BCUT2D eigenvalue weighted by Gasteiger charge is 2.38. The van der Waals surface area contributed by atoms with Crippen LogP contribution in [0.15, 0.2) is 60.8 Å². The fourth-order valence-electron chi connectivity index (χ4n) is 2.31. The number of carbonyl (C=O) groups is 1. The van der Waals surface area contributed by atoms with E-state index in [4.69, 9.17) is 4.74 Å². The SMILES string of the molecule is O=C(Oc1ccccc1Cc1ccccc1)c1cnsc1C(F)(F)F. The minimum Gasteiger partial charge on any atom is -0.423 e. The third kappa shape index (κ3) is 4.06. The molecular weight excluding hydrogens is 351 g/mol. The van der Waals surface area contributed by atoms with Crippen LogP contribution in [-0.2, 0) is 12.6 Å². The highest BCUT2D eigenvalue weighted by Crippen LogP contribution is 2.35. The molecule has 3 nitrogen and oxygen atoms in total. The Labute approximate surface area is 145 Å². The third-order valence-electron chi connectivity index (χ3n) is 3.46. The summed E-state index contributed by atoms with van der Waals surface area (Å²) >= 11 is 0.226. The summed E-state index contributed by atoms with van der Waals surface area (Å²) in [6.07, 6.45) is -3.26. The Morgan fingerprint density at radius 3 is 2.44 bits per heavy atom. The largest absolute Gasteiger partial charge is 0.427 e. The Hall–Kier alpha value is -2.67. The Balaban J connectivity index is 1.84. The average molecular weight is 363 g/mol. The summed E-state index contributed by atoms with van der Waals surface area (Å²) in [5, 5.41) is 0. The average Bonchev–Trinajstić information content (AvgIpc) is 3.08. The van der Waals surface area contributed by atoms with Crippen molar-refractivity contribution >= 4 is 17.5 Å². The van der Waals surface area contributed by atoms with Gasteiger partial charge in [0.25, 0.3) is 0 Å². The first-order chi connectivity index (χ1) is 11.9. The molecule has 0 radical (unpaired) electrons. The lowest BCUT2D eigenvalue weighted by atomic mass is 10.0. The number of rotatable bonds is 4. The molecule has 7 heteroatoms. The molecule has 0 saturated heterocycles. The normalized spacial score (nSPS) is 11.3. The van der Waals surface area contributed by atoms with Gasteiger partial charge < -0.3 is 4.74 Å². The van der Waals surface area contributed by atoms with Gasteiger partial charge in [-0.15, -0.1) is 0 Å². The van der Waals surface area contributed by atoms with Crippen LogP contribution >= 0.6 is 11.5 Å². The predicted molar refractivity (Wildman–Crippen MR) is 87.8 cm³/mol. The van der Waals surface area contributed by atoms with Crippen molar-refractivity contribution in [3.05, 3.63) is 82.4 Å². The second kappa shape index (κ2) is 7.06. The molecule has 0 saturated carbocycles. The van der Waals surface area contributed by atoms with E-state index in [1.165, 1.54) is 0 Å². The zero-order valence-electron chi connectivity index (χ0n) is 12.8. The topological polar surface area (TPSA) is 39.2 Å². The maximum atomic E-state index is 12.9. The first-order valence-electron chi connectivity index (χ1n) is 7.31. The number of hydrogen-bond acceptors (Lipinski definition) is 4. The van der Waals surface area contributed by atoms with Crippen molar-refractivity contribution in [1.82, 2.24) is 4.37 Å². The van der Waals surface area contributed by atoms with Gasteiger partial charge in [0.1, 0.15) is 16.2 Å². The fourth-order valence-corrected chi connectivity index (χ4v) is 2.91. The van der Waals surface area contributed by atoms with Crippen LogP contribution in [-0.4, -0.2) is 10.3 Å². The zero-order valence-corrected chi connectivity index (χ0v) is 13.6. The molecule has 3 aromatic rings. The molecule has 3 rings (SSSR count). The maximum Gasteiger partial charge on any atom is 0.427 e. The predicted octanol–water partition coefficient (Wildman–Crippen LogP) is 4.97. The summed E-state index contributed by atoms with van der Waals surface area (Å²) in [5.41, 5.74) is 1.13. The van der Waals surface area contributed by atoms with Gasteiger partial charge in [0.05, 0.1) is 6.20 Å². The van der Waals surface area contributed by atoms with Gasteiger partial charge in [-0.3, -0.25) is 0 Å². The quantitative estimate of drug-likeness (QED) is 0.485. The minimum atomic E-state index is -4.64. The number of para-hydroxylation sites is 1. The molecule has 0 aliphatic carbocycles. The van der Waals surface area contributed by atoms with E-state index in [0.29, 0.717) is 12.0 Å². The van der Waals surface area contributed by atoms with Crippen LogP contribution in [0.2, 0.25) is 0 Å². The van der Waals surface area contributed by atoms with Crippen LogP contribution in [0.25, 0.3) is 0 Å². The first-order valence-corrected chi connectivity index (χ1v) is 8.08. The summed E-state index contributed by atoms with van der Waals surface area (Å²) in [4.78, 5) is 11.1. The van der Waals surface area contributed by atoms with Crippen molar-refractivity contribution in [2.45, 2.75) is 12.6 Å². The van der Waals surface area contributed by atoms with Crippen LogP contribution in [0.4, 0.5) is 13.2 Å². The molecule has 0 atom stereocenters. The maximum absolute atomic E-state index is 12.9. The molecule has 1 heterocycles. The monoisotopic (exact) mass is 363 g/mol. The molecule has 0 spiro atoms. The first kappa shape index (κ1) is 17.2. The van der Waals surface area contributed by atoms with E-state index in [2.05, 4.69) is 4.37 Å². The molecule has 0 fully saturated rings. The standard InChI is InChI=1S/C18H12F3NO2S/c19-18(20,21)16-14(11-22-25-16)17(23)24-15-9-5-4-8-13(15)10-12-6-2-1-3-7-12/h1-9,11H,10H2. The van der Waals surface area contributed by atoms with E-state index in [1.807, 2.05) is 30.3 Å². The molecule has 25 heavy (non-hydrogen) atoms. The number of benzene rings is 2. The number of halogens is 3. The molecule has 0 aliphatic heterocycles. The number of ether oxygens (including phenoxy) is 1. The van der Waals surface area contributed by atoms with Crippen LogP contribution in [0.5, 0.6) is 5.75 Å². The number of hydrogen-bond donors (Lipinski definition) is 0. The molecule has 128 valence electrons. The van der Waals surface area contributed by atoms with Crippen LogP contribution in [0.1, 0.15) is 26.4 Å². The fraction of sp³-hybridized carbons (Fsp3) is 0.111. The molecule has 0 aliphatic rings. The smallest absolute Gasteiger partial charge is 0.423 e. The van der Waals surface area contributed by atoms with Gasteiger partial charge in [-0.1, -0.05) is 48.5 Å². The second-order valence-electron chi connectivity index (χ2n) is 5.23. The van der Waals surface area contributed by atoms with Gasteiger partial charge in [-0.2, -0.15) is 17.5 Å². The van der Waals surface area contributed by atoms with Crippen molar-refractivity contribution < 1.29 is 22.7 Å². The molecular formula is C18H12F3NO2S. The summed E-state index contributed by atoms with van der Waals surface area (Å²) in [6, 6.07) is 16.3. The summed E-state index contributed by atoms with van der Waals surface area (Å²) in [5.74, 6) is -0.836. The highest BCUT2D eigenvalue weighted by atomic mass is 32.1. The zero-order chi connectivity index (χ0) is 17.9. The molecule has 0 amide bonds. The Morgan fingerprint density at radius 2 is 1.72 bits per heavy atom. The van der Waals surface area contributed by atoms with E-state index >= 15 is 0 Å². The summed E-state index contributed by atoms with van der Waals surface area (Å²) < 4.78 is 47.4. The van der Waals surface area contributed by atoms with Crippen molar-refractivity contribution in [1.29, 1.82) is 0 Å². The van der Waals surface area contributed by atoms with Gasteiger partial charge in [0, 0.05) is 6.42 Å². The van der Waals surface area contributed by atoms with Gasteiger partial charge in [-0.05, 0) is 28.7 Å². The van der Waals surface area contributed by atoms with Crippen LogP contribution in [0.3, 0.4) is 0 Å². The third-order valence-corrected chi connectivity index (χ3v) is 4.31. The Bertz CT molecular complexity index is 875. The lowest BCUT2D eigenvalue weighted by molar-refractivity contribution is -0.134. The van der Waals surface area contributed by atoms with E-state index in [0.717, 1.165) is 11.8 Å². The highest BCUT2D eigenvalue weighted by molar-refractivity contribution is 7.06. The van der Waals surface area contributed by atoms with Gasteiger partial charge in [0.2, 0.25) is 0 Å². The summed E-state index contributed by atoms with van der Waals surface area (Å²) in [6.45, 7) is 0. The minimum absolute atomic E-state index is 0.226. The van der Waals surface area contributed by atoms with Crippen molar-refractivity contribution in [3.63, 3.8) is 0 Å². The Kier molecular flexibility index (Phi) is 4.85. The van der Waals surface area contributed by atoms with E-state index < -0.39 is 22.6 Å². The number of alkyl halides is 3. The molecule has 0 unspecified atom stereocenters. The van der Waals surface area contributed by atoms with Crippen molar-refractivity contribution in [2.24, 2.45) is 0 Å². The van der Waals surface area contributed by atoms with Crippen LogP contribution in [0, 0.1) is 0 Å². The van der Waals surface area contributed by atoms with Gasteiger partial charge >= 0.3 is 12.1 Å². The van der Waals surface area contributed by atoms with Crippen molar-refractivity contribution in [3.8, 4) is 5.75 Å². The molecule has 0 bridgehead atoms. The number of esters is 1. The van der Waals surface area contributed by atoms with E-state index in [1.54, 1.807) is 24.3 Å². The second-order valence-corrected chi connectivity index (χ2v) is 6.03. The van der Waals surface area contributed by atoms with Crippen molar-refractivity contribution in [2.75, 3.05) is 0 Å². The molecule has 0 N–H and O–H groups in total. The number of aromatic nitrogens is 1. The van der Waals surface area contributed by atoms with E-state index in [-0.39, 0.29) is 17.3 Å².